The minimum absolute atomic E-state index is 0.0552. The first kappa shape index (κ1) is 20.2. The lowest BCUT2D eigenvalue weighted by Gasteiger charge is -2.05. The fraction of sp³-hybridized carbons (Fsp3) is 0.364. The highest BCUT2D eigenvalue weighted by molar-refractivity contribution is 7.99. The molecule has 0 bridgehead atoms. The second-order valence-corrected chi connectivity index (χ2v) is 7.32. The Hall–Kier alpha value is -2.07. The van der Waals surface area contributed by atoms with Crippen LogP contribution in [0.3, 0.4) is 0 Å². The van der Waals surface area contributed by atoms with E-state index in [2.05, 4.69) is 53.3 Å². The Morgan fingerprint density at radius 1 is 0.885 bits per heavy atom. The molecule has 0 radical (unpaired) electrons. The summed E-state index contributed by atoms with van der Waals surface area (Å²) in [5.41, 5.74) is 3.87. The van der Waals surface area contributed by atoms with Crippen LogP contribution in [0, 0.1) is 0 Å². The molecule has 0 saturated carbocycles. The van der Waals surface area contributed by atoms with Crippen molar-refractivity contribution >= 4 is 23.5 Å². The van der Waals surface area contributed by atoms with E-state index in [0.717, 1.165) is 31.4 Å². The maximum absolute atomic E-state index is 11.5. The van der Waals surface area contributed by atoms with Gasteiger partial charge in [0.15, 0.2) is 5.78 Å². The van der Waals surface area contributed by atoms with Crippen LogP contribution in [0.25, 0.3) is 11.1 Å². The summed E-state index contributed by atoms with van der Waals surface area (Å²) in [6.07, 6.45) is 4.38. The van der Waals surface area contributed by atoms with Gasteiger partial charge >= 0.3 is 5.97 Å². The van der Waals surface area contributed by atoms with Crippen molar-refractivity contribution in [1.82, 2.24) is 0 Å². The van der Waals surface area contributed by atoms with E-state index in [1.54, 1.807) is 11.8 Å². The molecule has 0 saturated heterocycles. The SMILES string of the molecule is COC(=O)CC(=O)CSCCCCCc1ccc(-c2ccccc2)cc1. The average molecular weight is 371 g/mol. The minimum Gasteiger partial charge on any atom is -0.469 e. The summed E-state index contributed by atoms with van der Waals surface area (Å²) >= 11 is 1.60. The lowest BCUT2D eigenvalue weighted by Crippen LogP contribution is -2.11. The molecule has 26 heavy (non-hydrogen) atoms. The van der Waals surface area contributed by atoms with Gasteiger partial charge in [0.2, 0.25) is 0 Å². The highest BCUT2D eigenvalue weighted by Gasteiger charge is 2.08. The van der Waals surface area contributed by atoms with Gasteiger partial charge in [0, 0.05) is 0 Å². The molecular weight excluding hydrogens is 344 g/mol. The second-order valence-electron chi connectivity index (χ2n) is 6.22. The third-order valence-electron chi connectivity index (χ3n) is 4.15. The fourth-order valence-electron chi connectivity index (χ4n) is 2.67. The molecule has 0 aromatic heterocycles. The maximum atomic E-state index is 11.5. The lowest BCUT2D eigenvalue weighted by molar-refractivity contribution is -0.142. The highest BCUT2D eigenvalue weighted by Crippen LogP contribution is 2.20. The summed E-state index contributed by atoms with van der Waals surface area (Å²) in [5.74, 6) is 0.852. The van der Waals surface area contributed by atoms with E-state index in [1.807, 2.05) is 6.07 Å². The van der Waals surface area contributed by atoms with Gasteiger partial charge in [-0.1, -0.05) is 61.0 Å². The van der Waals surface area contributed by atoms with Crippen LogP contribution in [-0.2, 0) is 20.7 Å². The summed E-state index contributed by atoms with van der Waals surface area (Å²) in [4.78, 5) is 22.5. The Labute approximate surface area is 160 Å². The van der Waals surface area contributed by atoms with E-state index in [1.165, 1.54) is 23.8 Å². The summed E-state index contributed by atoms with van der Waals surface area (Å²) in [7, 11) is 1.30. The molecule has 0 N–H and O–H groups in total. The topological polar surface area (TPSA) is 43.4 Å². The van der Waals surface area contributed by atoms with Gasteiger partial charge in [-0.25, -0.2) is 0 Å². The molecule has 4 heteroatoms. The summed E-state index contributed by atoms with van der Waals surface area (Å²) in [5, 5.41) is 0. The van der Waals surface area contributed by atoms with E-state index >= 15 is 0 Å². The zero-order valence-electron chi connectivity index (χ0n) is 15.3. The smallest absolute Gasteiger partial charge is 0.313 e. The highest BCUT2D eigenvalue weighted by atomic mass is 32.2. The fourth-order valence-corrected chi connectivity index (χ4v) is 3.56. The van der Waals surface area contributed by atoms with Crippen LogP contribution in [0.15, 0.2) is 54.6 Å². The molecule has 0 amide bonds. The average Bonchev–Trinajstić information content (AvgIpc) is 2.68. The van der Waals surface area contributed by atoms with Gasteiger partial charge in [-0.05, 0) is 41.7 Å². The van der Waals surface area contributed by atoms with Gasteiger partial charge in [0.1, 0.15) is 6.42 Å². The number of unbranched alkanes of at least 4 members (excludes halogenated alkanes) is 2. The summed E-state index contributed by atoms with van der Waals surface area (Å²) < 4.78 is 4.49. The van der Waals surface area contributed by atoms with Gasteiger partial charge in [-0.15, -0.1) is 0 Å². The largest absolute Gasteiger partial charge is 0.469 e. The molecule has 0 fully saturated rings. The van der Waals surface area contributed by atoms with Gasteiger partial charge < -0.3 is 4.74 Å². The molecule has 138 valence electrons. The second kappa shape index (κ2) is 11.5. The zero-order valence-corrected chi connectivity index (χ0v) is 16.1. The van der Waals surface area contributed by atoms with Crippen molar-refractivity contribution in [2.24, 2.45) is 0 Å². The van der Waals surface area contributed by atoms with Crippen molar-refractivity contribution in [3.63, 3.8) is 0 Å². The number of rotatable bonds is 11. The molecule has 0 unspecified atom stereocenters. The predicted molar refractivity (Wildman–Crippen MR) is 108 cm³/mol. The summed E-state index contributed by atoms with van der Waals surface area (Å²) in [6.45, 7) is 0. The van der Waals surface area contributed by atoms with E-state index in [9.17, 15) is 9.59 Å². The van der Waals surface area contributed by atoms with Crippen LogP contribution in [0.1, 0.15) is 31.2 Å². The number of methoxy groups -OCH3 is 1. The Morgan fingerprint density at radius 2 is 1.58 bits per heavy atom. The predicted octanol–water partition coefficient (Wildman–Crippen LogP) is 4.93. The monoisotopic (exact) mass is 370 g/mol. The van der Waals surface area contributed by atoms with E-state index in [0.29, 0.717) is 5.75 Å². The Kier molecular flexibility index (Phi) is 8.98. The van der Waals surface area contributed by atoms with E-state index < -0.39 is 5.97 Å². The molecule has 0 heterocycles. The normalized spacial score (nSPS) is 10.5. The van der Waals surface area contributed by atoms with Crippen LogP contribution in [0.2, 0.25) is 0 Å². The van der Waals surface area contributed by atoms with Crippen molar-refractivity contribution < 1.29 is 14.3 Å². The van der Waals surface area contributed by atoms with Crippen LogP contribution < -0.4 is 0 Å². The molecule has 0 spiro atoms. The molecule has 0 aliphatic heterocycles. The van der Waals surface area contributed by atoms with Crippen molar-refractivity contribution in [3.05, 3.63) is 60.2 Å². The van der Waals surface area contributed by atoms with Crippen molar-refractivity contribution in [2.45, 2.75) is 32.1 Å². The van der Waals surface area contributed by atoms with Gasteiger partial charge in [-0.3, -0.25) is 9.59 Å². The standard InChI is InChI=1S/C22H26O3S/c1-25-22(24)16-21(23)17-26-15-7-3-4-8-18-11-13-20(14-12-18)19-9-5-2-6-10-19/h2,5-6,9-14H,3-4,7-8,15-17H2,1H3. The van der Waals surface area contributed by atoms with Crippen LogP contribution in [-0.4, -0.2) is 30.4 Å². The van der Waals surface area contributed by atoms with Crippen LogP contribution in [0.4, 0.5) is 0 Å². The first-order chi connectivity index (χ1) is 12.7. The number of hydrogen-bond acceptors (Lipinski definition) is 4. The molecule has 0 aliphatic carbocycles. The third kappa shape index (κ3) is 7.44. The number of ether oxygens (including phenoxy) is 1. The minimum atomic E-state index is -0.450. The number of benzene rings is 2. The number of carbonyl (C=O) groups is 2. The number of ketones is 1. The van der Waals surface area contributed by atoms with Gasteiger partial charge in [-0.2, -0.15) is 11.8 Å². The number of Topliss-reactive ketones (excluding diaryl/α,β-unsaturated/α-hetero) is 1. The van der Waals surface area contributed by atoms with Crippen molar-refractivity contribution in [3.8, 4) is 11.1 Å². The molecular formula is C22H26O3S. The van der Waals surface area contributed by atoms with Crippen LogP contribution in [0.5, 0.6) is 0 Å². The molecule has 2 aromatic carbocycles. The third-order valence-corrected chi connectivity index (χ3v) is 5.25. The molecule has 2 aromatic rings. The number of esters is 1. The number of hydrogen-bond donors (Lipinski definition) is 0. The Balaban J connectivity index is 1.57. The number of aryl methyl sites for hydroxylation is 1. The van der Waals surface area contributed by atoms with Crippen molar-refractivity contribution in [2.75, 3.05) is 18.6 Å². The molecule has 0 atom stereocenters. The Bertz CT molecular complexity index is 680. The van der Waals surface area contributed by atoms with Crippen LogP contribution >= 0.6 is 11.8 Å². The van der Waals surface area contributed by atoms with Gasteiger partial charge in [0.25, 0.3) is 0 Å². The van der Waals surface area contributed by atoms with Crippen molar-refractivity contribution in [1.29, 1.82) is 0 Å². The Morgan fingerprint density at radius 3 is 2.27 bits per heavy atom. The maximum Gasteiger partial charge on any atom is 0.313 e. The lowest BCUT2D eigenvalue weighted by atomic mass is 10.0. The summed E-state index contributed by atoms with van der Waals surface area (Å²) in [6, 6.07) is 19.2. The van der Waals surface area contributed by atoms with E-state index in [4.69, 9.17) is 0 Å². The number of thioether (sulfide) groups is 1. The van der Waals surface area contributed by atoms with Gasteiger partial charge in [0.05, 0.1) is 12.9 Å². The quantitative estimate of drug-likeness (QED) is 0.319. The molecule has 0 aliphatic rings. The molecule has 2 rings (SSSR count). The first-order valence-electron chi connectivity index (χ1n) is 8.99. The van der Waals surface area contributed by atoms with E-state index in [-0.39, 0.29) is 12.2 Å². The first-order valence-corrected chi connectivity index (χ1v) is 10.1. The zero-order chi connectivity index (χ0) is 18.6. The number of carbonyl (C=O) groups excluding carboxylic acids is 2. The molecule has 3 nitrogen and oxygen atoms in total.